The number of hydrogen-bond acceptors (Lipinski definition) is 4. The number of thiophene rings is 1. The van der Waals surface area contributed by atoms with Crippen molar-refractivity contribution in [2.24, 2.45) is 5.10 Å². The molecule has 0 saturated heterocycles. The fourth-order valence-corrected chi connectivity index (χ4v) is 1.39. The number of methoxy groups -OCH3 is 1. The van der Waals surface area contributed by atoms with Gasteiger partial charge in [0.25, 0.3) is 0 Å². The summed E-state index contributed by atoms with van der Waals surface area (Å²) in [7, 11) is 1.30. The fourth-order valence-electron chi connectivity index (χ4n) is 0.715. The maximum atomic E-state index is 10.6. The van der Waals surface area contributed by atoms with Gasteiger partial charge in [-0.25, -0.2) is 10.2 Å². The second-order valence-electron chi connectivity index (χ2n) is 2.28. The smallest absolute Gasteiger partial charge is 0.427 e. The van der Waals surface area contributed by atoms with Crippen LogP contribution in [0.3, 0.4) is 0 Å². The minimum atomic E-state index is -0.559. The van der Waals surface area contributed by atoms with Crippen LogP contribution < -0.4 is 5.43 Å². The predicted octanol–water partition coefficient (Wildman–Crippen LogP) is 1.83. The molecule has 1 heterocycles. The highest BCUT2D eigenvalue weighted by Crippen LogP contribution is 2.08. The van der Waals surface area contributed by atoms with E-state index in [-0.39, 0.29) is 0 Å². The van der Waals surface area contributed by atoms with Crippen molar-refractivity contribution in [1.29, 1.82) is 0 Å². The lowest BCUT2D eigenvalue weighted by molar-refractivity contribution is 0.171. The lowest BCUT2D eigenvalue weighted by atomic mass is 10.3. The zero-order valence-electron chi connectivity index (χ0n) is 7.40. The van der Waals surface area contributed by atoms with Crippen LogP contribution in [0.5, 0.6) is 0 Å². The molecule has 5 heteroatoms. The largest absolute Gasteiger partial charge is 0.452 e. The minimum Gasteiger partial charge on any atom is -0.452 e. The van der Waals surface area contributed by atoms with Crippen molar-refractivity contribution >= 4 is 23.1 Å². The van der Waals surface area contributed by atoms with Gasteiger partial charge in [0.1, 0.15) is 0 Å². The minimum absolute atomic E-state index is 0.559. The molecule has 1 aromatic heterocycles. The molecule has 1 aromatic rings. The third-order valence-electron chi connectivity index (χ3n) is 1.38. The molecule has 0 atom stereocenters. The molecule has 0 bridgehead atoms. The van der Waals surface area contributed by atoms with Crippen molar-refractivity contribution in [3.8, 4) is 0 Å². The van der Waals surface area contributed by atoms with Crippen LogP contribution in [0.15, 0.2) is 22.6 Å². The van der Waals surface area contributed by atoms with Crippen molar-refractivity contribution < 1.29 is 9.53 Å². The van der Waals surface area contributed by atoms with Gasteiger partial charge < -0.3 is 4.74 Å². The molecule has 0 aliphatic heterocycles. The molecule has 0 aliphatic rings. The van der Waals surface area contributed by atoms with Gasteiger partial charge in [-0.3, -0.25) is 0 Å². The van der Waals surface area contributed by atoms with E-state index in [0.29, 0.717) is 0 Å². The Balaban J connectivity index is 2.57. The Kier molecular flexibility index (Phi) is 3.45. The normalized spacial score (nSPS) is 11.1. The first-order chi connectivity index (χ1) is 6.24. The van der Waals surface area contributed by atoms with Gasteiger partial charge in [-0.2, -0.15) is 5.10 Å². The molecule has 1 amide bonds. The molecular formula is C8H10N2O2S. The molecule has 4 nitrogen and oxygen atoms in total. The maximum absolute atomic E-state index is 10.6. The van der Waals surface area contributed by atoms with Gasteiger partial charge in [0.2, 0.25) is 0 Å². The number of hydrogen-bond donors (Lipinski definition) is 1. The van der Waals surface area contributed by atoms with E-state index in [1.54, 1.807) is 11.3 Å². The highest BCUT2D eigenvalue weighted by Gasteiger charge is 1.99. The molecule has 0 fully saturated rings. The summed E-state index contributed by atoms with van der Waals surface area (Å²) in [6, 6.07) is 3.86. The monoisotopic (exact) mass is 198 g/mol. The SMILES string of the molecule is COC(=O)NN=C(C)c1cccs1. The van der Waals surface area contributed by atoms with Crippen molar-refractivity contribution in [3.05, 3.63) is 22.4 Å². The average Bonchev–Trinajstić information content (AvgIpc) is 2.66. The van der Waals surface area contributed by atoms with Crippen LogP contribution in [0.1, 0.15) is 11.8 Å². The van der Waals surface area contributed by atoms with Gasteiger partial charge in [-0.1, -0.05) is 6.07 Å². The summed E-state index contributed by atoms with van der Waals surface area (Å²) in [6.45, 7) is 1.82. The van der Waals surface area contributed by atoms with Crippen molar-refractivity contribution in [2.45, 2.75) is 6.92 Å². The van der Waals surface area contributed by atoms with Crippen LogP contribution >= 0.6 is 11.3 Å². The van der Waals surface area contributed by atoms with E-state index in [1.807, 2.05) is 24.4 Å². The number of nitrogens with zero attached hydrogens (tertiary/aromatic N) is 1. The third kappa shape index (κ3) is 2.87. The molecule has 0 aromatic carbocycles. The topological polar surface area (TPSA) is 50.7 Å². The van der Waals surface area contributed by atoms with Gasteiger partial charge in [0.15, 0.2) is 0 Å². The quantitative estimate of drug-likeness (QED) is 0.582. The van der Waals surface area contributed by atoms with E-state index in [4.69, 9.17) is 0 Å². The molecule has 0 aliphatic carbocycles. The number of carbonyl (C=O) groups is 1. The number of ether oxygens (including phenoxy) is 1. The first-order valence-electron chi connectivity index (χ1n) is 3.66. The second kappa shape index (κ2) is 4.61. The molecule has 70 valence electrons. The summed E-state index contributed by atoms with van der Waals surface area (Å²) in [6.07, 6.45) is -0.559. The van der Waals surface area contributed by atoms with Crippen molar-refractivity contribution in [2.75, 3.05) is 7.11 Å². The Morgan fingerprint density at radius 2 is 2.46 bits per heavy atom. The van der Waals surface area contributed by atoms with Crippen LogP contribution in [0.25, 0.3) is 0 Å². The van der Waals surface area contributed by atoms with Gasteiger partial charge in [-0.05, 0) is 18.4 Å². The number of amides is 1. The summed E-state index contributed by atoms with van der Waals surface area (Å²) in [5.74, 6) is 0. The third-order valence-corrected chi connectivity index (χ3v) is 2.36. The van der Waals surface area contributed by atoms with Gasteiger partial charge in [-0.15, -0.1) is 11.3 Å². The van der Waals surface area contributed by atoms with E-state index in [2.05, 4.69) is 15.3 Å². The number of hydrazone groups is 1. The number of rotatable bonds is 2. The summed E-state index contributed by atoms with van der Waals surface area (Å²) in [5, 5.41) is 5.79. The van der Waals surface area contributed by atoms with Crippen LogP contribution in [-0.2, 0) is 4.74 Å². The van der Waals surface area contributed by atoms with Crippen molar-refractivity contribution in [3.63, 3.8) is 0 Å². The number of nitrogens with one attached hydrogen (secondary N) is 1. The zero-order valence-corrected chi connectivity index (χ0v) is 8.22. The Hall–Kier alpha value is -1.36. The van der Waals surface area contributed by atoms with E-state index in [9.17, 15) is 4.79 Å². The molecule has 1 N–H and O–H groups in total. The maximum Gasteiger partial charge on any atom is 0.427 e. The summed E-state index contributed by atoms with van der Waals surface area (Å²) < 4.78 is 4.36. The van der Waals surface area contributed by atoms with Gasteiger partial charge in [0.05, 0.1) is 12.8 Å². The van der Waals surface area contributed by atoms with Crippen LogP contribution in [0, 0.1) is 0 Å². The Morgan fingerprint density at radius 3 is 3.00 bits per heavy atom. The zero-order chi connectivity index (χ0) is 9.68. The highest BCUT2D eigenvalue weighted by atomic mass is 32.1. The van der Waals surface area contributed by atoms with Crippen LogP contribution in [-0.4, -0.2) is 18.9 Å². The lowest BCUT2D eigenvalue weighted by Crippen LogP contribution is -2.18. The first kappa shape index (κ1) is 9.73. The van der Waals surface area contributed by atoms with E-state index in [0.717, 1.165) is 10.6 Å². The molecule has 0 spiro atoms. The van der Waals surface area contributed by atoms with E-state index < -0.39 is 6.09 Å². The fraction of sp³-hybridized carbons (Fsp3) is 0.250. The molecule has 13 heavy (non-hydrogen) atoms. The van der Waals surface area contributed by atoms with E-state index >= 15 is 0 Å². The Labute approximate surface area is 80.2 Å². The number of carbonyl (C=O) groups excluding carboxylic acids is 1. The Bertz CT molecular complexity index is 306. The second-order valence-corrected chi connectivity index (χ2v) is 3.23. The van der Waals surface area contributed by atoms with Crippen molar-refractivity contribution in [1.82, 2.24) is 5.43 Å². The molecule has 0 unspecified atom stereocenters. The van der Waals surface area contributed by atoms with Crippen LogP contribution in [0.2, 0.25) is 0 Å². The summed E-state index contributed by atoms with van der Waals surface area (Å²) >= 11 is 1.57. The average molecular weight is 198 g/mol. The molecule has 0 saturated carbocycles. The lowest BCUT2D eigenvalue weighted by Gasteiger charge is -1.98. The summed E-state index contributed by atoms with van der Waals surface area (Å²) in [4.78, 5) is 11.7. The highest BCUT2D eigenvalue weighted by molar-refractivity contribution is 7.12. The predicted molar refractivity (Wildman–Crippen MR) is 52.1 cm³/mol. The standard InChI is InChI=1S/C8H10N2O2S/c1-6(7-4-3-5-13-7)9-10-8(11)12-2/h3-5H,1-2H3,(H,10,11). The molecule has 0 radical (unpaired) electrons. The van der Waals surface area contributed by atoms with Crippen LogP contribution in [0.4, 0.5) is 4.79 Å². The van der Waals surface area contributed by atoms with E-state index in [1.165, 1.54) is 7.11 Å². The molecular weight excluding hydrogens is 188 g/mol. The Morgan fingerprint density at radius 1 is 1.69 bits per heavy atom. The summed E-state index contributed by atoms with van der Waals surface area (Å²) in [5.41, 5.74) is 3.02. The first-order valence-corrected chi connectivity index (χ1v) is 4.54. The van der Waals surface area contributed by atoms with Gasteiger partial charge in [0, 0.05) is 4.88 Å². The molecule has 1 rings (SSSR count). The van der Waals surface area contributed by atoms with Gasteiger partial charge >= 0.3 is 6.09 Å².